The minimum Gasteiger partial charge on any atom is -0.282 e. The molecule has 0 heterocycles. The second-order valence-corrected chi connectivity index (χ2v) is 5.64. The first-order valence-corrected chi connectivity index (χ1v) is 7.08. The van der Waals surface area contributed by atoms with E-state index in [1.807, 2.05) is 24.3 Å². The Morgan fingerprint density at radius 2 is 2.06 bits per heavy atom. The topological polar surface area (TPSA) is 17.1 Å². The lowest BCUT2D eigenvalue weighted by Crippen LogP contribution is -2.06. The summed E-state index contributed by atoms with van der Waals surface area (Å²) in [5.74, 6) is 0.833. The van der Waals surface area contributed by atoms with Gasteiger partial charge in [0.25, 0.3) is 0 Å². The summed E-state index contributed by atoms with van der Waals surface area (Å²) >= 11 is 3.82. The highest BCUT2D eigenvalue weighted by Gasteiger charge is 2.12. The Labute approximate surface area is 115 Å². The highest BCUT2D eigenvalue weighted by atomic mass is 32.1. The van der Waals surface area contributed by atoms with Gasteiger partial charge in [-0.3, -0.25) is 4.79 Å². The van der Waals surface area contributed by atoms with Crippen molar-refractivity contribution in [3.05, 3.63) is 47.0 Å². The van der Waals surface area contributed by atoms with E-state index in [-0.39, 0.29) is 5.12 Å². The van der Waals surface area contributed by atoms with Crippen LogP contribution in [0.4, 0.5) is 0 Å². The van der Waals surface area contributed by atoms with Crippen LogP contribution >= 0.6 is 12.6 Å². The van der Waals surface area contributed by atoms with Crippen molar-refractivity contribution in [1.82, 2.24) is 0 Å². The quantitative estimate of drug-likeness (QED) is 0.626. The van der Waals surface area contributed by atoms with Gasteiger partial charge >= 0.3 is 0 Å². The molecule has 0 radical (unpaired) electrons. The molecule has 1 unspecified atom stereocenters. The summed E-state index contributed by atoms with van der Waals surface area (Å²) in [6, 6.07) is 7.84. The molecule has 0 amide bonds. The van der Waals surface area contributed by atoms with Crippen molar-refractivity contribution in [1.29, 1.82) is 0 Å². The number of hydrogen-bond acceptors (Lipinski definition) is 1. The van der Waals surface area contributed by atoms with E-state index < -0.39 is 0 Å². The van der Waals surface area contributed by atoms with Crippen molar-refractivity contribution in [2.24, 2.45) is 5.92 Å². The minimum absolute atomic E-state index is 0.158. The number of thiol groups is 1. The number of carbonyl (C=O) groups is 1. The van der Waals surface area contributed by atoms with Crippen LogP contribution in [0.15, 0.2) is 35.9 Å². The molecule has 1 nitrogen and oxygen atoms in total. The molecule has 1 atom stereocenters. The summed E-state index contributed by atoms with van der Waals surface area (Å²) in [7, 11) is 0. The SMILES string of the molecule is CC1=CCC(CCc2ccc(C(=O)S)cc2)CC1. The standard InChI is InChI=1S/C16H20OS/c1-12-2-4-13(5-3-12)6-7-14-8-10-15(11-9-14)16(17)18/h2,8-11,13H,3-7H2,1H3,(H,17,18). The Morgan fingerprint density at radius 1 is 1.33 bits per heavy atom. The highest BCUT2D eigenvalue weighted by molar-refractivity contribution is 7.97. The van der Waals surface area contributed by atoms with Gasteiger partial charge in [0.2, 0.25) is 5.12 Å². The van der Waals surface area contributed by atoms with Crippen LogP contribution in [-0.2, 0) is 6.42 Å². The molecule has 1 aliphatic carbocycles. The molecule has 96 valence electrons. The van der Waals surface area contributed by atoms with Gasteiger partial charge in [-0.05, 0) is 50.5 Å². The lowest BCUT2D eigenvalue weighted by atomic mass is 9.86. The van der Waals surface area contributed by atoms with Crippen LogP contribution < -0.4 is 0 Å². The Bertz CT molecular complexity index is 445. The first-order valence-electron chi connectivity index (χ1n) is 6.63. The lowest BCUT2D eigenvalue weighted by molar-refractivity contribution is 0.109. The average molecular weight is 260 g/mol. The van der Waals surface area contributed by atoms with Crippen molar-refractivity contribution in [2.75, 3.05) is 0 Å². The molecule has 0 saturated heterocycles. The molecule has 0 saturated carbocycles. The van der Waals surface area contributed by atoms with Gasteiger partial charge in [-0.15, -0.1) is 12.6 Å². The second kappa shape index (κ2) is 6.24. The van der Waals surface area contributed by atoms with Gasteiger partial charge in [-0.25, -0.2) is 0 Å². The third-order valence-corrected chi connectivity index (χ3v) is 4.05. The van der Waals surface area contributed by atoms with Gasteiger partial charge in [0, 0.05) is 5.56 Å². The molecule has 2 heteroatoms. The van der Waals surface area contributed by atoms with Gasteiger partial charge in [-0.1, -0.05) is 35.9 Å². The van der Waals surface area contributed by atoms with Crippen LogP contribution in [-0.4, -0.2) is 5.12 Å². The molecular formula is C16H20OS. The monoisotopic (exact) mass is 260 g/mol. The maximum absolute atomic E-state index is 11.1. The molecule has 0 fully saturated rings. The summed E-state index contributed by atoms with van der Waals surface area (Å²) in [5.41, 5.74) is 3.54. The van der Waals surface area contributed by atoms with Gasteiger partial charge < -0.3 is 0 Å². The third kappa shape index (κ3) is 3.74. The first kappa shape index (κ1) is 13.4. The van der Waals surface area contributed by atoms with Crippen LogP contribution in [0.5, 0.6) is 0 Å². The minimum atomic E-state index is -0.158. The molecule has 1 aromatic carbocycles. The fraction of sp³-hybridized carbons (Fsp3) is 0.438. The van der Waals surface area contributed by atoms with Crippen molar-refractivity contribution in [2.45, 2.75) is 39.0 Å². The molecule has 0 aromatic heterocycles. The fourth-order valence-electron chi connectivity index (χ4n) is 2.47. The molecule has 1 aliphatic rings. The van der Waals surface area contributed by atoms with Gasteiger partial charge in [0.15, 0.2) is 0 Å². The van der Waals surface area contributed by atoms with E-state index in [4.69, 9.17) is 0 Å². The maximum atomic E-state index is 11.1. The predicted molar refractivity (Wildman–Crippen MR) is 79.2 cm³/mol. The fourth-order valence-corrected chi connectivity index (χ4v) is 2.62. The molecule has 1 aromatic rings. The van der Waals surface area contributed by atoms with Gasteiger partial charge in [0.1, 0.15) is 0 Å². The number of rotatable bonds is 4. The average Bonchev–Trinajstić information content (AvgIpc) is 2.38. The number of allylic oxidation sites excluding steroid dienone is 2. The largest absolute Gasteiger partial charge is 0.282 e. The second-order valence-electron chi connectivity index (χ2n) is 5.23. The van der Waals surface area contributed by atoms with Crippen molar-refractivity contribution in [3.8, 4) is 0 Å². The zero-order chi connectivity index (χ0) is 13.0. The van der Waals surface area contributed by atoms with Crippen molar-refractivity contribution >= 4 is 17.7 Å². The third-order valence-electron chi connectivity index (χ3n) is 3.79. The van der Waals surface area contributed by atoms with Gasteiger partial charge in [-0.2, -0.15) is 0 Å². The summed E-state index contributed by atoms with van der Waals surface area (Å²) in [4.78, 5) is 11.1. The number of carbonyl (C=O) groups excluding carboxylic acids is 1. The molecule has 0 N–H and O–H groups in total. The molecule has 18 heavy (non-hydrogen) atoms. The molecule has 0 bridgehead atoms. The normalized spacial score (nSPS) is 19.4. The molecular weight excluding hydrogens is 240 g/mol. The number of aryl methyl sites for hydroxylation is 1. The first-order chi connectivity index (χ1) is 8.65. The van der Waals surface area contributed by atoms with Crippen molar-refractivity contribution < 1.29 is 4.79 Å². The zero-order valence-electron chi connectivity index (χ0n) is 10.9. The van der Waals surface area contributed by atoms with E-state index in [1.165, 1.54) is 31.2 Å². The Kier molecular flexibility index (Phi) is 4.65. The molecule has 0 spiro atoms. The number of benzene rings is 1. The summed E-state index contributed by atoms with van der Waals surface area (Å²) in [6.07, 6.45) is 8.57. The van der Waals surface area contributed by atoms with Crippen molar-refractivity contribution in [3.63, 3.8) is 0 Å². The smallest absolute Gasteiger partial charge is 0.216 e. The Balaban J connectivity index is 1.85. The Morgan fingerprint density at radius 3 is 2.61 bits per heavy atom. The van der Waals surface area contributed by atoms with E-state index in [0.29, 0.717) is 5.56 Å². The summed E-state index contributed by atoms with van der Waals surface area (Å²) < 4.78 is 0. The Hall–Kier alpha value is -1.02. The van der Waals surface area contributed by atoms with Crippen LogP contribution in [0.25, 0.3) is 0 Å². The number of hydrogen-bond donors (Lipinski definition) is 1. The summed E-state index contributed by atoms with van der Waals surface area (Å²) in [5, 5.41) is -0.158. The van der Waals surface area contributed by atoms with Crippen LogP contribution in [0, 0.1) is 5.92 Å². The molecule has 0 aliphatic heterocycles. The zero-order valence-corrected chi connectivity index (χ0v) is 11.7. The lowest BCUT2D eigenvalue weighted by Gasteiger charge is -2.20. The maximum Gasteiger partial charge on any atom is 0.216 e. The predicted octanol–water partition coefficient (Wildman–Crippen LogP) is 4.44. The highest BCUT2D eigenvalue weighted by Crippen LogP contribution is 2.26. The van der Waals surface area contributed by atoms with E-state index in [2.05, 4.69) is 25.6 Å². The van der Waals surface area contributed by atoms with E-state index in [9.17, 15) is 4.79 Å². The van der Waals surface area contributed by atoms with E-state index >= 15 is 0 Å². The summed E-state index contributed by atoms with van der Waals surface area (Å²) in [6.45, 7) is 2.23. The van der Waals surface area contributed by atoms with Crippen LogP contribution in [0.1, 0.15) is 48.5 Å². The van der Waals surface area contributed by atoms with E-state index in [1.54, 1.807) is 5.57 Å². The molecule has 2 rings (SSSR count). The van der Waals surface area contributed by atoms with Gasteiger partial charge in [0.05, 0.1) is 0 Å². The van der Waals surface area contributed by atoms with E-state index in [0.717, 1.165) is 12.3 Å². The van der Waals surface area contributed by atoms with Crippen LogP contribution in [0.2, 0.25) is 0 Å². The van der Waals surface area contributed by atoms with Crippen LogP contribution in [0.3, 0.4) is 0 Å².